The highest BCUT2D eigenvalue weighted by atomic mass is 19.4. The number of halogens is 5. The molecule has 0 spiro atoms. The van der Waals surface area contributed by atoms with Crippen LogP contribution in [0.3, 0.4) is 0 Å². The lowest BCUT2D eigenvalue weighted by molar-refractivity contribution is -0.137. The summed E-state index contributed by atoms with van der Waals surface area (Å²) >= 11 is 0. The van der Waals surface area contributed by atoms with E-state index in [1.807, 2.05) is 0 Å². The van der Waals surface area contributed by atoms with Crippen LogP contribution in [0.15, 0.2) is 30.3 Å². The van der Waals surface area contributed by atoms with Crippen LogP contribution in [0.4, 0.5) is 22.0 Å². The number of carbonyl (C=O) groups is 1. The average Bonchev–Trinajstić information content (AvgIpc) is 3.36. The second kappa shape index (κ2) is 6.59. The maximum Gasteiger partial charge on any atom is 0.416 e. The van der Waals surface area contributed by atoms with Crippen LogP contribution in [0.1, 0.15) is 45.8 Å². The summed E-state index contributed by atoms with van der Waals surface area (Å²) in [7, 11) is 0. The van der Waals surface area contributed by atoms with Gasteiger partial charge in [-0.2, -0.15) is 13.2 Å². The number of ether oxygens (including phenoxy) is 1. The molecule has 1 fully saturated rings. The number of hydrogen-bond acceptors (Lipinski definition) is 2. The molecule has 26 heavy (non-hydrogen) atoms. The molecule has 2 aromatic carbocycles. The lowest BCUT2D eigenvalue weighted by Crippen LogP contribution is -2.08. The van der Waals surface area contributed by atoms with Gasteiger partial charge in [0.2, 0.25) is 0 Å². The fourth-order valence-electron chi connectivity index (χ4n) is 2.67. The van der Waals surface area contributed by atoms with Gasteiger partial charge in [-0.25, -0.2) is 13.6 Å². The van der Waals surface area contributed by atoms with Gasteiger partial charge >= 0.3 is 12.1 Å². The molecule has 138 valence electrons. The van der Waals surface area contributed by atoms with E-state index in [-0.39, 0.29) is 18.3 Å². The Labute approximate surface area is 145 Å². The Balaban J connectivity index is 1.87. The highest BCUT2D eigenvalue weighted by Gasteiger charge is 2.32. The molecule has 0 amide bonds. The molecule has 1 aliphatic rings. The summed E-state index contributed by atoms with van der Waals surface area (Å²) in [4.78, 5) is 11.1. The van der Waals surface area contributed by atoms with Crippen molar-refractivity contribution < 1.29 is 36.6 Å². The number of carboxylic acid groups (broad SMARTS) is 1. The van der Waals surface area contributed by atoms with E-state index in [0.29, 0.717) is 23.3 Å². The molecular weight excluding hydrogens is 359 g/mol. The van der Waals surface area contributed by atoms with Gasteiger partial charge in [0.05, 0.1) is 11.1 Å². The monoisotopic (exact) mass is 372 g/mol. The van der Waals surface area contributed by atoms with Gasteiger partial charge in [0, 0.05) is 6.07 Å². The molecule has 0 heterocycles. The van der Waals surface area contributed by atoms with E-state index in [1.54, 1.807) is 0 Å². The molecule has 0 saturated heterocycles. The lowest BCUT2D eigenvalue weighted by atomic mass is 10.00. The first-order valence-electron chi connectivity index (χ1n) is 7.71. The van der Waals surface area contributed by atoms with Crippen molar-refractivity contribution in [3.05, 3.63) is 64.2 Å². The first-order valence-corrected chi connectivity index (χ1v) is 7.71. The van der Waals surface area contributed by atoms with Crippen LogP contribution in [0, 0.1) is 11.6 Å². The van der Waals surface area contributed by atoms with Crippen LogP contribution < -0.4 is 4.74 Å². The largest absolute Gasteiger partial charge is 0.489 e. The van der Waals surface area contributed by atoms with Crippen LogP contribution in [-0.4, -0.2) is 11.1 Å². The Morgan fingerprint density at radius 2 is 1.81 bits per heavy atom. The molecule has 3 rings (SSSR count). The summed E-state index contributed by atoms with van der Waals surface area (Å²) in [6, 6.07) is 4.03. The zero-order valence-corrected chi connectivity index (χ0v) is 13.2. The van der Waals surface area contributed by atoms with Crippen molar-refractivity contribution in [1.29, 1.82) is 0 Å². The normalized spacial score (nSPS) is 14.3. The fourth-order valence-corrected chi connectivity index (χ4v) is 2.67. The molecule has 1 saturated carbocycles. The molecule has 1 aliphatic carbocycles. The molecule has 0 atom stereocenters. The topological polar surface area (TPSA) is 46.5 Å². The Morgan fingerprint density at radius 1 is 1.12 bits per heavy atom. The summed E-state index contributed by atoms with van der Waals surface area (Å²) in [6.07, 6.45) is -3.12. The summed E-state index contributed by atoms with van der Waals surface area (Å²) in [6.45, 7) is -0.302. The molecule has 0 radical (unpaired) electrons. The third-order valence-corrected chi connectivity index (χ3v) is 4.07. The Bertz CT molecular complexity index is 857. The van der Waals surface area contributed by atoms with Crippen molar-refractivity contribution in [3.8, 4) is 5.75 Å². The van der Waals surface area contributed by atoms with E-state index >= 15 is 0 Å². The third kappa shape index (κ3) is 3.95. The van der Waals surface area contributed by atoms with Gasteiger partial charge in [-0.15, -0.1) is 0 Å². The first-order chi connectivity index (χ1) is 12.1. The minimum atomic E-state index is -4.73. The van der Waals surface area contributed by atoms with Gasteiger partial charge in [0.25, 0.3) is 0 Å². The molecule has 0 aliphatic heterocycles. The predicted octanol–water partition coefficient (Wildman–Crippen LogP) is 5.14. The molecule has 3 nitrogen and oxygen atoms in total. The predicted molar refractivity (Wildman–Crippen MR) is 81.1 cm³/mol. The van der Waals surface area contributed by atoms with Crippen LogP contribution >= 0.6 is 0 Å². The van der Waals surface area contributed by atoms with Gasteiger partial charge in [0.15, 0.2) is 0 Å². The van der Waals surface area contributed by atoms with Gasteiger partial charge in [-0.3, -0.25) is 0 Å². The van der Waals surface area contributed by atoms with Crippen LogP contribution in [0.2, 0.25) is 0 Å². The van der Waals surface area contributed by atoms with Crippen molar-refractivity contribution in [2.45, 2.75) is 31.5 Å². The number of aromatic carboxylic acids is 1. The van der Waals surface area contributed by atoms with E-state index in [1.165, 1.54) is 6.07 Å². The van der Waals surface area contributed by atoms with Crippen LogP contribution in [0.5, 0.6) is 5.75 Å². The standard InChI is InChI=1S/C18H13F5O3/c19-12-4-11(18(21,22)23)5-13(6-12)26-8-10-3-16(20)15(17(24)25)7-14(10)9-1-2-9/h3-7,9H,1-2,8H2,(H,24,25). The van der Waals surface area contributed by atoms with Crippen LogP contribution in [-0.2, 0) is 12.8 Å². The minimum absolute atomic E-state index is 0.0607. The van der Waals surface area contributed by atoms with Crippen molar-refractivity contribution in [3.63, 3.8) is 0 Å². The van der Waals surface area contributed by atoms with E-state index in [2.05, 4.69) is 0 Å². The Hall–Kier alpha value is -2.64. The number of rotatable bonds is 5. The average molecular weight is 372 g/mol. The molecular formula is C18H13F5O3. The van der Waals surface area contributed by atoms with Crippen molar-refractivity contribution >= 4 is 5.97 Å². The second-order valence-corrected chi connectivity index (χ2v) is 6.07. The molecule has 2 aromatic rings. The maximum absolute atomic E-state index is 13.9. The summed E-state index contributed by atoms with van der Waals surface area (Å²) in [5.41, 5.74) is -0.757. The van der Waals surface area contributed by atoms with E-state index in [0.717, 1.165) is 25.0 Å². The van der Waals surface area contributed by atoms with Crippen molar-refractivity contribution in [2.75, 3.05) is 0 Å². The molecule has 0 aromatic heterocycles. The highest BCUT2D eigenvalue weighted by Crippen LogP contribution is 2.42. The lowest BCUT2D eigenvalue weighted by Gasteiger charge is -2.14. The van der Waals surface area contributed by atoms with Gasteiger partial charge < -0.3 is 9.84 Å². The number of benzene rings is 2. The Morgan fingerprint density at radius 3 is 2.38 bits per heavy atom. The summed E-state index contributed by atoms with van der Waals surface area (Å²) in [5.74, 6) is -3.76. The van der Waals surface area contributed by atoms with E-state index in [4.69, 9.17) is 9.84 Å². The highest BCUT2D eigenvalue weighted by molar-refractivity contribution is 5.88. The zero-order valence-electron chi connectivity index (χ0n) is 13.2. The van der Waals surface area contributed by atoms with Crippen LogP contribution in [0.25, 0.3) is 0 Å². The SMILES string of the molecule is O=C(O)c1cc(C2CC2)c(COc2cc(F)cc(C(F)(F)F)c2)cc1F. The summed E-state index contributed by atoms with van der Waals surface area (Å²) in [5, 5.41) is 9.01. The quantitative estimate of drug-likeness (QED) is 0.740. The molecule has 0 unspecified atom stereocenters. The second-order valence-electron chi connectivity index (χ2n) is 6.07. The van der Waals surface area contributed by atoms with E-state index < -0.39 is 34.9 Å². The maximum atomic E-state index is 13.9. The van der Waals surface area contributed by atoms with E-state index in [9.17, 15) is 26.7 Å². The molecule has 0 bridgehead atoms. The van der Waals surface area contributed by atoms with Crippen molar-refractivity contribution in [2.24, 2.45) is 0 Å². The van der Waals surface area contributed by atoms with Gasteiger partial charge in [0.1, 0.15) is 24.0 Å². The van der Waals surface area contributed by atoms with Crippen molar-refractivity contribution in [1.82, 2.24) is 0 Å². The number of carboxylic acids is 1. The van der Waals surface area contributed by atoms with Gasteiger partial charge in [-0.05, 0) is 54.2 Å². The number of hydrogen-bond donors (Lipinski definition) is 1. The third-order valence-electron chi connectivity index (χ3n) is 4.07. The summed E-state index contributed by atoms with van der Waals surface area (Å²) < 4.78 is 70.8. The zero-order chi connectivity index (χ0) is 19.1. The molecule has 8 heteroatoms. The first kappa shape index (κ1) is 18.2. The minimum Gasteiger partial charge on any atom is -0.489 e. The fraction of sp³-hybridized carbons (Fsp3) is 0.278. The number of alkyl halides is 3. The van der Waals surface area contributed by atoms with Gasteiger partial charge in [-0.1, -0.05) is 0 Å². The Kier molecular flexibility index (Phi) is 4.60. The molecule has 1 N–H and O–H groups in total. The smallest absolute Gasteiger partial charge is 0.416 e.